The third-order valence-corrected chi connectivity index (χ3v) is 2.88. The Hall–Kier alpha value is -1.31. The number of amides is 1. The molecule has 0 saturated carbocycles. The van der Waals surface area contributed by atoms with Crippen LogP contribution < -0.4 is 5.32 Å². The molecule has 17 heavy (non-hydrogen) atoms. The third-order valence-electron chi connectivity index (χ3n) is 2.88. The number of hydrogen-bond acceptors (Lipinski definition) is 1. The Morgan fingerprint density at radius 3 is 2.53 bits per heavy atom. The van der Waals surface area contributed by atoms with Crippen molar-refractivity contribution in [3.05, 3.63) is 29.3 Å². The topological polar surface area (TPSA) is 29.1 Å². The van der Waals surface area contributed by atoms with Gasteiger partial charge in [-0.05, 0) is 31.4 Å². The van der Waals surface area contributed by atoms with Crippen molar-refractivity contribution in [1.29, 1.82) is 0 Å². The smallest absolute Gasteiger partial charge is 0.224 e. The van der Waals surface area contributed by atoms with Crippen LogP contribution in [0.4, 0.5) is 5.69 Å². The SMILES string of the molecule is CCCC.Cc1ccc2c(c1)CCCC(=O)N2. The Morgan fingerprint density at radius 2 is 1.88 bits per heavy atom. The summed E-state index contributed by atoms with van der Waals surface area (Å²) in [6, 6.07) is 6.18. The van der Waals surface area contributed by atoms with Gasteiger partial charge in [0.2, 0.25) is 5.91 Å². The maximum absolute atomic E-state index is 11.2. The molecule has 0 unspecified atom stereocenters. The van der Waals surface area contributed by atoms with Gasteiger partial charge >= 0.3 is 0 Å². The number of carbonyl (C=O) groups is 1. The lowest BCUT2D eigenvalue weighted by Crippen LogP contribution is -2.09. The number of unbranched alkanes of at least 4 members (excludes halogenated alkanes) is 1. The van der Waals surface area contributed by atoms with E-state index in [1.54, 1.807) is 0 Å². The summed E-state index contributed by atoms with van der Waals surface area (Å²) < 4.78 is 0. The Bertz CT molecular complexity index is 369. The summed E-state index contributed by atoms with van der Waals surface area (Å²) in [5.41, 5.74) is 3.52. The van der Waals surface area contributed by atoms with E-state index in [0.29, 0.717) is 6.42 Å². The van der Waals surface area contributed by atoms with Crippen molar-refractivity contribution in [3.63, 3.8) is 0 Å². The minimum Gasteiger partial charge on any atom is -0.326 e. The molecule has 2 nitrogen and oxygen atoms in total. The van der Waals surface area contributed by atoms with Crippen molar-refractivity contribution in [2.45, 2.75) is 52.9 Å². The predicted octanol–water partition coefficient (Wildman–Crippen LogP) is 4.08. The third kappa shape index (κ3) is 4.59. The lowest BCUT2D eigenvalue weighted by atomic mass is 10.1. The standard InChI is InChI=1S/C11H13NO.C4H10/c1-8-5-6-10-9(7-8)3-2-4-11(13)12-10;1-3-4-2/h5-7H,2-4H2,1H3,(H,12,13);3-4H2,1-2H3. The minimum absolute atomic E-state index is 0.141. The fourth-order valence-corrected chi connectivity index (χ4v) is 1.70. The van der Waals surface area contributed by atoms with E-state index in [0.717, 1.165) is 18.5 Å². The molecule has 1 amide bonds. The molecule has 94 valence electrons. The number of aryl methyl sites for hydroxylation is 2. The van der Waals surface area contributed by atoms with E-state index in [1.165, 1.54) is 24.0 Å². The van der Waals surface area contributed by atoms with Crippen LogP contribution in [0.3, 0.4) is 0 Å². The molecule has 0 saturated heterocycles. The molecule has 1 aliphatic heterocycles. The predicted molar refractivity (Wildman–Crippen MR) is 73.3 cm³/mol. The minimum atomic E-state index is 0.141. The van der Waals surface area contributed by atoms with Crippen LogP contribution in [0.25, 0.3) is 0 Å². The van der Waals surface area contributed by atoms with Crippen LogP contribution in [0.1, 0.15) is 50.7 Å². The summed E-state index contributed by atoms with van der Waals surface area (Å²) in [6.07, 6.45) is 5.26. The number of hydrogen-bond donors (Lipinski definition) is 1. The maximum atomic E-state index is 11.2. The molecule has 0 fully saturated rings. The van der Waals surface area contributed by atoms with Gasteiger partial charge in [-0.2, -0.15) is 0 Å². The summed E-state index contributed by atoms with van der Waals surface area (Å²) >= 11 is 0. The summed E-state index contributed by atoms with van der Waals surface area (Å²) in [6.45, 7) is 6.44. The van der Waals surface area contributed by atoms with Crippen molar-refractivity contribution < 1.29 is 4.79 Å². The highest BCUT2D eigenvalue weighted by Crippen LogP contribution is 2.22. The first-order chi connectivity index (χ1) is 8.17. The molecule has 0 aromatic heterocycles. The largest absolute Gasteiger partial charge is 0.326 e. The molecule has 0 radical (unpaired) electrons. The van der Waals surface area contributed by atoms with Crippen LogP contribution in [-0.4, -0.2) is 5.91 Å². The molecule has 1 aromatic carbocycles. The van der Waals surface area contributed by atoms with Gasteiger partial charge in [-0.25, -0.2) is 0 Å². The molecule has 1 aromatic rings. The van der Waals surface area contributed by atoms with Gasteiger partial charge in [0.15, 0.2) is 0 Å². The molecule has 1 heterocycles. The zero-order chi connectivity index (χ0) is 12.7. The zero-order valence-electron chi connectivity index (χ0n) is 11.2. The van der Waals surface area contributed by atoms with Gasteiger partial charge in [-0.15, -0.1) is 0 Å². The molecule has 2 heteroatoms. The number of fused-ring (bicyclic) bond motifs is 1. The molecule has 0 bridgehead atoms. The number of nitrogens with one attached hydrogen (secondary N) is 1. The highest BCUT2D eigenvalue weighted by atomic mass is 16.1. The van der Waals surface area contributed by atoms with Gasteiger partial charge < -0.3 is 5.32 Å². The fraction of sp³-hybridized carbons (Fsp3) is 0.533. The average Bonchev–Trinajstić information content (AvgIpc) is 2.50. The average molecular weight is 233 g/mol. The maximum Gasteiger partial charge on any atom is 0.224 e. The molecular weight excluding hydrogens is 210 g/mol. The van der Waals surface area contributed by atoms with Crippen LogP contribution >= 0.6 is 0 Å². The highest BCUT2D eigenvalue weighted by molar-refractivity contribution is 5.92. The van der Waals surface area contributed by atoms with Gasteiger partial charge in [-0.1, -0.05) is 44.4 Å². The van der Waals surface area contributed by atoms with E-state index >= 15 is 0 Å². The van der Waals surface area contributed by atoms with Crippen molar-refractivity contribution in [2.75, 3.05) is 5.32 Å². The molecule has 0 spiro atoms. The van der Waals surface area contributed by atoms with Crippen molar-refractivity contribution in [2.24, 2.45) is 0 Å². The number of benzene rings is 1. The Kier molecular flexibility index (Phi) is 5.75. The highest BCUT2D eigenvalue weighted by Gasteiger charge is 2.11. The fourth-order valence-electron chi connectivity index (χ4n) is 1.70. The molecule has 1 aliphatic rings. The van der Waals surface area contributed by atoms with Crippen molar-refractivity contribution in [3.8, 4) is 0 Å². The molecular formula is C15H23NO. The molecule has 0 aliphatic carbocycles. The van der Waals surface area contributed by atoms with Gasteiger partial charge in [0.05, 0.1) is 0 Å². The van der Waals surface area contributed by atoms with Crippen LogP contribution in [0.15, 0.2) is 18.2 Å². The van der Waals surface area contributed by atoms with E-state index in [1.807, 2.05) is 12.1 Å². The van der Waals surface area contributed by atoms with Crippen LogP contribution in [0.5, 0.6) is 0 Å². The van der Waals surface area contributed by atoms with Crippen LogP contribution in [0, 0.1) is 6.92 Å². The summed E-state index contributed by atoms with van der Waals surface area (Å²) in [7, 11) is 0. The molecule has 1 N–H and O–H groups in total. The van der Waals surface area contributed by atoms with Crippen LogP contribution in [0.2, 0.25) is 0 Å². The van der Waals surface area contributed by atoms with Gasteiger partial charge in [0.25, 0.3) is 0 Å². The summed E-state index contributed by atoms with van der Waals surface area (Å²) in [5.74, 6) is 0.141. The van der Waals surface area contributed by atoms with Crippen molar-refractivity contribution in [1.82, 2.24) is 0 Å². The van der Waals surface area contributed by atoms with Gasteiger partial charge in [-0.3, -0.25) is 4.79 Å². The Balaban J connectivity index is 0.000000317. The van der Waals surface area contributed by atoms with Gasteiger partial charge in [0, 0.05) is 12.1 Å². The van der Waals surface area contributed by atoms with E-state index in [9.17, 15) is 4.79 Å². The molecule has 0 atom stereocenters. The van der Waals surface area contributed by atoms with Gasteiger partial charge in [0.1, 0.15) is 0 Å². The van der Waals surface area contributed by atoms with Crippen LogP contribution in [-0.2, 0) is 11.2 Å². The lowest BCUT2D eigenvalue weighted by Gasteiger charge is -2.06. The number of carbonyl (C=O) groups excluding carboxylic acids is 1. The number of rotatable bonds is 1. The Labute approximate surface area is 104 Å². The number of anilines is 1. The lowest BCUT2D eigenvalue weighted by molar-refractivity contribution is -0.116. The summed E-state index contributed by atoms with van der Waals surface area (Å²) in [4.78, 5) is 11.2. The Morgan fingerprint density at radius 1 is 1.18 bits per heavy atom. The van der Waals surface area contributed by atoms with E-state index in [-0.39, 0.29) is 5.91 Å². The summed E-state index contributed by atoms with van der Waals surface area (Å²) in [5, 5.41) is 2.91. The first-order valence-electron chi connectivity index (χ1n) is 6.56. The van der Waals surface area contributed by atoms with E-state index in [2.05, 4.69) is 32.2 Å². The second-order valence-electron chi connectivity index (χ2n) is 4.56. The first-order valence-corrected chi connectivity index (χ1v) is 6.56. The zero-order valence-corrected chi connectivity index (χ0v) is 11.2. The quantitative estimate of drug-likeness (QED) is 0.778. The van der Waals surface area contributed by atoms with E-state index in [4.69, 9.17) is 0 Å². The van der Waals surface area contributed by atoms with Crippen molar-refractivity contribution >= 4 is 11.6 Å². The normalized spacial score (nSPS) is 13.9. The second kappa shape index (κ2) is 7.10. The van der Waals surface area contributed by atoms with E-state index < -0.39 is 0 Å². The first kappa shape index (κ1) is 13.8. The molecule has 2 rings (SSSR count). The monoisotopic (exact) mass is 233 g/mol. The second-order valence-corrected chi connectivity index (χ2v) is 4.56.